The lowest BCUT2D eigenvalue weighted by molar-refractivity contribution is -0.143. The van der Waals surface area contributed by atoms with E-state index in [9.17, 15) is 9.59 Å². The van der Waals surface area contributed by atoms with Gasteiger partial charge in [0, 0.05) is 0 Å². The van der Waals surface area contributed by atoms with E-state index in [1.807, 2.05) is 13.0 Å². The summed E-state index contributed by atoms with van der Waals surface area (Å²) in [5.41, 5.74) is 0. The molecular weight excluding hydrogens is 326 g/mol. The van der Waals surface area contributed by atoms with Crippen molar-refractivity contribution in [1.29, 1.82) is 0 Å². The smallest absolute Gasteiger partial charge is 0.326 e. The molecular formula is C14H18BrNO4. The van der Waals surface area contributed by atoms with Crippen molar-refractivity contribution in [1.82, 2.24) is 5.32 Å². The quantitative estimate of drug-likeness (QED) is 0.797. The van der Waals surface area contributed by atoms with Gasteiger partial charge in [-0.2, -0.15) is 0 Å². The van der Waals surface area contributed by atoms with Gasteiger partial charge in [0.2, 0.25) is 0 Å². The molecule has 0 unspecified atom stereocenters. The fraction of sp³-hybridized carbons (Fsp3) is 0.429. The molecule has 2 N–H and O–H groups in total. The summed E-state index contributed by atoms with van der Waals surface area (Å²) in [5, 5.41) is 11.6. The summed E-state index contributed by atoms with van der Waals surface area (Å²) in [6.45, 7) is 3.45. The van der Waals surface area contributed by atoms with Gasteiger partial charge in [0.15, 0.2) is 6.61 Å². The molecule has 6 heteroatoms. The lowest BCUT2D eigenvalue weighted by Crippen LogP contribution is -2.46. The van der Waals surface area contributed by atoms with Crippen molar-refractivity contribution in [3.63, 3.8) is 0 Å². The predicted octanol–water partition coefficient (Wildman–Crippen LogP) is 2.44. The Morgan fingerprint density at radius 3 is 2.60 bits per heavy atom. The number of nitrogens with one attached hydrogen (secondary N) is 1. The van der Waals surface area contributed by atoms with Crippen LogP contribution >= 0.6 is 15.9 Å². The van der Waals surface area contributed by atoms with E-state index < -0.39 is 17.9 Å². The number of carbonyl (C=O) groups excluding carboxylic acids is 1. The number of hydrogen-bond acceptors (Lipinski definition) is 3. The van der Waals surface area contributed by atoms with Crippen LogP contribution < -0.4 is 10.1 Å². The van der Waals surface area contributed by atoms with Crippen molar-refractivity contribution in [2.24, 2.45) is 5.92 Å². The van der Waals surface area contributed by atoms with Gasteiger partial charge in [-0.15, -0.1) is 0 Å². The van der Waals surface area contributed by atoms with Crippen LogP contribution in [0.25, 0.3) is 0 Å². The Hall–Kier alpha value is -1.56. The van der Waals surface area contributed by atoms with Crippen molar-refractivity contribution in [2.45, 2.75) is 26.3 Å². The Labute approximate surface area is 126 Å². The zero-order valence-electron chi connectivity index (χ0n) is 11.4. The summed E-state index contributed by atoms with van der Waals surface area (Å²) < 4.78 is 6.08. The van der Waals surface area contributed by atoms with Crippen molar-refractivity contribution in [3.8, 4) is 5.75 Å². The molecule has 0 fully saturated rings. The molecule has 0 spiro atoms. The van der Waals surface area contributed by atoms with Gasteiger partial charge in [-0.25, -0.2) is 4.79 Å². The third kappa shape index (κ3) is 4.85. The first-order valence-electron chi connectivity index (χ1n) is 6.35. The molecule has 1 aromatic carbocycles. The number of para-hydroxylation sites is 1. The predicted molar refractivity (Wildman–Crippen MR) is 78.7 cm³/mol. The molecule has 0 saturated heterocycles. The van der Waals surface area contributed by atoms with Gasteiger partial charge >= 0.3 is 5.97 Å². The summed E-state index contributed by atoms with van der Waals surface area (Å²) in [5.74, 6) is -1.08. The fourth-order valence-electron chi connectivity index (χ4n) is 1.60. The van der Waals surface area contributed by atoms with E-state index in [-0.39, 0.29) is 12.5 Å². The van der Waals surface area contributed by atoms with Crippen LogP contribution in [0.2, 0.25) is 0 Å². The lowest BCUT2D eigenvalue weighted by Gasteiger charge is -2.20. The minimum Gasteiger partial charge on any atom is -0.483 e. The minimum atomic E-state index is -1.03. The number of hydrogen-bond donors (Lipinski definition) is 2. The highest BCUT2D eigenvalue weighted by atomic mass is 79.9. The van der Waals surface area contributed by atoms with E-state index in [4.69, 9.17) is 9.84 Å². The highest BCUT2D eigenvalue weighted by Crippen LogP contribution is 2.23. The molecule has 0 saturated carbocycles. The van der Waals surface area contributed by atoms with E-state index in [1.165, 1.54) is 0 Å². The van der Waals surface area contributed by atoms with Crippen LogP contribution in [-0.2, 0) is 9.59 Å². The fourth-order valence-corrected chi connectivity index (χ4v) is 2.00. The summed E-state index contributed by atoms with van der Waals surface area (Å²) in [4.78, 5) is 22.8. The molecule has 2 atom stereocenters. The number of rotatable bonds is 7. The first kappa shape index (κ1) is 16.5. The molecule has 0 aliphatic heterocycles. The van der Waals surface area contributed by atoms with Gasteiger partial charge in [0.1, 0.15) is 11.8 Å². The number of benzene rings is 1. The number of amides is 1. The zero-order chi connectivity index (χ0) is 15.1. The van der Waals surface area contributed by atoms with Crippen LogP contribution in [0.5, 0.6) is 5.75 Å². The molecule has 1 amide bonds. The van der Waals surface area contributed by atoms with E-state index in [1.54, 1.807) is 25.1 Å². The van der Waals surface area contributed by atoms with Gasteiger partial charge in [-0.1, -0.05) is 32.4 Å². The second-order valence-corrected chi connectivity index (χ2v) is 5.34. The maximum Gasteiger partial charge on any atom is 0.326 e. The van der Waals surface area contributed by atoms with E-state index in [0.29, 0.717) is 12.2 Å². The number of carboxylic acids is 1. The molecule has 0 aliphatic carbocycles. The van der Waals surface area contributed by atoms with E-state index in [2.05, 4.69) is 21.2 Å². The van der Waals surface area contributed by atoms with Crippen molar-refractivity contribution >= 4 is 27.8 Å². The molecule has 0 aliphatic rings. The third-order valence-electron chi connectivity index (χ3n) is 2.99. The number of carboxylic acid groups (broad SMARTS) is 1. The average Bonchev–Trinajstić information content (AvgIpc) is 2.42. The van der Waals surface area contributed by atoms with Gasteiger partial charge in [-0.3, -0.25) is 4.79 Å². The lowest BCUT2D eigenvalue weighted by atomic mass is 9.99. The standard InChI is InChI=1S/C14H18BrNO4/c1-3-9(2)13(14(18)19)16-12(17)8-20-11-7-5-4-6-10(11)15/h4-7,9,13H,3,8H2,1-2H3,(H,16,17)(H,18,19)/t9-,13-/m0/s1. The highest BCUT2D eigenvalue weighted by molar-refractivity contribution is 9.10. The maximum atomic E-state index is 11.7. The summed E-state index contributed by atoms with van der Waals surface area (Å²) in [6.07, 6.45) is 0.669. The summed E-state index contributed by atoms with van der Waals surface area (Å²) in [7, 11) is 0. The van der Waals surface area contributed by atoms with Crippen LogP contribution in [0.3, 0.4) is 0 Å². The van der Waals surface area contributed by atoms with Gasteiger partial charge in [0.25, 0.3) is 5.91 Å². The molecule has 5 nitrogen and oxygen atoms in total. The Kier molecular flexibility index (Phi) is 6.51. The number of ether oxygens (including phenoxy) is 1. The van der Waals surface area contributed by atoms with Crippen LogP contribution in [-0.4, -0.2) is 29.6 Å². The second-order valence-electron chi connectivity index (χ2n) is 4.49. The van der Waals surface area contributed by atoms with Crippen molar-refractivity contribution < 1.29 is 19.4 Å². The van der Waals surface area contributed by atoms with Crippen LogP contribution in [0, 0.1) is 5.92 Å². The second kappa shape index (κ2) is 7.89. The average molecular weight is 344 g/mol. The van der Waals surface area contributed by atoms with E-state index >= 15 is 0 Å². The molecule has 20 heavy (non-hydrogen) atoms. The minimum absolute atomic E-state index is 0.139. The van der Waals surface area contributed by atoms with Crippen LogP contribution in [0.1, 0.15) is 20.3 Å². The van der Waals surface area contributed by atoms with Gasteiger partial charge in [-0.05, 0) is 34.0 Å². The first-order valence-corrected chi connectivity index (χ1v) is 7.14. The molecule has 0 radical (unpaired) electrons. The first-order chi connectivity index (χ1) is 9.45. The number of halogens is 1. The molecule has 110 valence electrons. The SMILES string of the molecule is CC[C@H](C)[C@H](NC(=O)COc1ccccc1Br)C(=O)O. The van der Waals surface area contributed by atoms with Crippen molar-refractivity contribution in [3.05, 3.63) is 28.7 Å². The molecule has 1 rings (SSSR count). The Morgan fingerprint density at radius 2 is 2.05 bits per heavy atom. The van der Waals surface area contributed by atoms with Crippen molar-refractivity contribution in [2.75, 3.05) is 6.61 Å². The molecule has 0 bridgehead atoms. The monoisotopic (exact) mass is 343 g/mol. The van der Waals surface area contributed by atoms with Crippen LogP contribution in [0.15, 0.2) is 28.7 Å². The van der Waals surface area contributed by atoms with E-state index in [0.717, 1.165) is 4.47 Å². The Balaban J connectivity index is 2.55. The summed E-state index contributed by atoms with van der Waals surface area (Å²) in [6, 6.07) is 6.25. The molecule has 0 aromatic heterocycles. The van der Waals surface area contributed by atoms with Gasteiger partial charge < -0.3 is 15.2 Å². The largest absolute Gasteiger partial charge is 0.483 e. The molecule has 1 aromatic rings. The van der Waals surface area contributed by atoms with Gasteiger partial charge in [0.05, 0.1) is 4.47 Å². The zero-order valence-corrected chi connectivity index (χ0v) is 13.0. The highest BCUT2D eigenvalue weighted by Gasteiger charge is 2.25. The Bertz CT molecular complexity index is 478. The topological polar surface area (TPSA) is 75.6 Å². The normalized spacial score (nSPS) is 13.3. The maximum absolute atomic E-state index is 11.7. The summed E-state index contributed by atoms with van der Waals surface area (Å²) >= 11 is 3.30. The van der Waals surface area contributed by atoms with Crippen LogP contribution in [0.4, 0.5) is 0 Å². The number of aliphatic carboxylic acids is 1. The third-order valence-corrected chi connectivity index (χ3v) is 3.65. The number of carbonyl (C=O) groups is 2. The Morgan fingerprint density at radius 1 is 1.40 bits per heavy atom. The molecule has 0 heterocycles.